The molecule has 5 heterocycles. The Hall–Kier alpha value is -9.97. The Bertz CT molecular complexity index is 4360. The number of nitrogens with zero attached hydrogens (tertiary/aromatic N) is 4. The number of aromatic nitrogens is 4. The van der Waals surface area contributed by atoms with Crippen LogP contribution in [0.5, 0.6) is 0 Å². The summed E-state index contributed by atoms with van der Waals surface area (Å²) in [5, 5.41) is 0.877. The Balaban J connectivity index is 0.00000605. The van der Waals surface area contributed by atoms with Gasteiger partial charge in [0.15, 0.2) is 5.58 Å². The molecule has 0 atom stereocenters. The van der Waals surface area contributed by atoms with Gasteiger partial charge in [-0.25, -0.2) is 0 Å². The van der Waals surface area contributed by atoms with Crippen LogP contribution in [0.25, 0.3) is 145 Å². The quantitative estimate of drug-likeness (QED) is 0.121. The maximum absolute atomic E-state index is 6.31. The van der Waals surface area contributed by atoms with Crippen molar-refractivity contribution in [3.63, 3.8) is 0 Å². The number of fused-ring (bicyclic) bond motifs is 3. The summed E-state index contributed by atoms with van der Waals surface area (Å²) in [6, 6.07) is 98.1. The number of hydrogen-bond donors (Lipinski definition) is 0. The molecular weight excluding hydrogens is 1150 g/mol. The normalized spacial score (nSPS) is 11.2. The minimum Gasteiger partial charge on any atom is -0.455 e. The number of rotatable bonds is 11. The Morgan fingerprint density at radius 3 is 1.30 bits per heavy atom. The molecule has 0 unspecified atom stereocenters. The average Bonchev–Trinajstić information content (AvgIpc) is 4.07. The van der Waals surface area contributed by atoms with Crippen LogP contribution in [0.4, 0.5) is 0 Å². The van der Waals surface area contributed by atoms with Crippen molar-refractivity contribution >= 4 is 22.1 Å². The monoisotopic (exact) mass is 1200 g/mol. The van der Waals surface area contributed by atoms with Crippen LogP contribution in [-0.2, 0) is 20.1 Å². The van der Waals surface area contributed by atoms with Crippen molar-refractivity contribution in [3.05, 3.63) is 292 Å². The van der Waals surface area contributed by atoms with Gasteiger partial charge in [-0.05, 0) is 116 Å². The van der Waals surface area contributed by atoms with Gasteiger partial charge in [0.05, 0.1) is 5.39 Å². The molecule has 0 fully saturated rings. The molecule has 5 nitrogen and oxygen atoms in total. The van der Waals surface area contributed by atoms with Crippen LogP contribution >= 0.6 is 0 Å². The number of benzene rings is 9. The molecule has 0 radical (unpaired) electrons. The Morgan fingerprint density at radius 2 is 0.750 bits per heavy atom. The summed E-state index contributed by atoms with van der Waals surface area (Å²) in [5.74, 6) is 0. The first-order valence-electron chi connectivity index (χ1n) is 26.3. The third-order valence-corrected chi connectivity index (χ3v) is 14.7. The van der Waals surface area contributed by atoms with E-state index in [9.17, 15) is 0 Å². The molecule has 0 amide bonds. The van der Waals surface area contributed by atoms with E-state index in [2.05, 4.69) is 227 Å². The van der Waals surface area contributed by atoms with E-state index in [1.165, 1.54) is 0 Å². The van der Waals surface area contributed by atoms with Crippen molar-refractivity contribution in [2.75, 3.05) is 0 Å². The van der Waals surface area contributed by atoms with Crippen LogP contribution in [0, 0.1) is 18.2 Å². The summed E-state index contributed by atoms with van der Waals surface area (Å²) in [5.41, 5.74) is 25.0. The van der Waals surface area contributed by atoms with E-state index in [1.54, 1.807) is 6.20 Å². The smallest absolute Gasteiger partial charge is 0.455 e. The molecule has 376 valence electrons. The third kappa shape index (κ3) is 9.64. The predicted octanol–water partition coefficient (Wildman–Crippen LogP) is 18.9. The van der Waals surface area contributed by atoms with E-state index >= 15 is 0 Å². The molecule has 0 spiro atoms. The minimum absolute atomic E-state index is 0. The van der Waals surface area contributed by atoms with Crippen molar-refractivity contribution in [2.45, 2.75) is 0 Å². The first kappa shape index (κ1) is 49.6. The maximum Gasteiger partial charge on any atom is 3.00 e. The fourth-order valence-corrected chi connectivity index (χ4v) is 10.8. The topological polar surface area (TPSA) is 64.7 Å². The summed E-state index contributed by atoms with van der Waals surface area (Å²) in [4.78, 5) is 18.8. The Labute approximate surface area is 478 Å². The van der Waals surface area contributed by atoms with Gasteiger partial charge in [0.2, 0.25) is 0 Å². The summed E-state index contributed by atoms with van der Waals surface area (Å²) >= 11 is 0. The van der Waals surface area contributed by atoms with Crippen LogP contribution in [0.3, 0.4) is 0 Å². The average molecular weight is 1200 g/mol. The van der Waals surface area contributed by atoms with Gasteiger partial charge in [-0.1, -0.05) is 191 Å². The molecular formula is C74H45IrN4O. The van der Waals surface area contributed by atoms with Gasteiger partial charge in [-0.2, -0.15) is 0 Å². The fourth-order valence-electron chi connectivity index (χ4n) is 10.8. The summed E-state index contributed by atoms with van der Waals surface area (Å²) in [7, 11) is 0. The van der Waals surface area contributed by atoms with Crippen LogP contribution < -0.4 is 0 Å². The summed E-state index contributed by atoms with van der Waals surface area (Å²) < 4.78 is 6.31. The van der Waals surface area contributed by atoms with Crippen molar-refractivity contribution in [2.24, 2.45) is 0 Å². The molecule has 5 aromatic heterocycles. The Morgan fingerprint density at radius 1 is 0.275 bits per heavy atom. The first-order valence-corrected chi connectivity index (χ1v) is 26.3. The van der Waals surface area contributed by atoms with E-state index in [1.807, 2.05) is 73.2 Å². The Kier molecular flexibility index (Phi) is 13.5. The van der Waals surface area contributed by atoms with Crippen LogP contribution in [-0.4, -0.2) is 19.9 Å². The second-order valence-corrected chi connectivity index (χ2v) is 19.5. The second kappa shape index (κ2) is 21.8. The molecule has 0 N–H and O–H groups in total. The maximum atomic E-state index is 6.31. The largest absolute Gasteiger partial charge is 3.00 e. The summed E-state index contributed by atoms with van der Waals surface area (Å²) in [6.45, 7) is 0. The van der Waals surface area contributed by atoms with Crippen molar-refractivity contribution in [1.82, 2.24) is 19.9 Å². The van der Waals surface area contributed by atoms with Gasteiger partial charge in [0.1, 0.15) is 11.1 Å². The van der Waals surface area contributed by atoms with E-state index in [0.29, 0.717) is 0 Å². The number of pyridine rings is 4. The molecule has 80 heavy (non-hydrogen) atoms. The fraction of sp³-hybridized carbons (Fsp3) is 0. The van der Waals surface area contributed by atoms with Gasteiger partial charge in [0.25, 0.3) is 0 Å². The van der Waals surface area contributed by atoms with E-state index in [4.69, 9.17) is 9.40 Å². The van der Waals surface area contributed by atoms with E-state index in [-0.39, 0.29) is 20.1 Å². The zero-order valence-corrected chi connectivity index (χ0v) is 45.4. The molecule has 9 aromatic carbocycles. The standard InChI is InChI=1S/C74H45N4O.Ir/c1-2-15-49(16-3-1)50-26-28-53(29-27-50)67-46-56(71-47-73-68(48-78-71)74-72(79-73)25-14-42-77-74)38-39-66(67)65-22-9-8-21-64(65)59-44-57(62-19-6-4-17-60(62)51-30-34-54(35-31-51)69-23-10-12-40-75-69)43-58(45-59)63-20-7-5-18-61(63)52-32-36-55(37-33-52)70-24-11-13-41-76-70;/h1-34,36,39-48H;/q-3;+3. The van der Waals surface area contributed by atoms with Gasteiger partial charge in [0, 0.05) is 24.8 Å². The van der Waals surface area contributed by atoms with Gasteiger partial charge in [-0.3, -0.25) is 4.98 Å². The summed E-state index contributed by atoms with van der Waals surface area (Å²) in [6.07, 6.45) is 7.28. The molecule has 14 rings (SSSR count). The van der Waals surface area contributed by atoms with Gasteiger partial charge < -0.3 is 19.4 Å². The van der Waals surface area contributed by atoms with E-state index in [0.717, 1.165) is 145 Å². The second-order valence-electron chi connectivity index (χ2n) is 19.5. The SMILES string of the molecule is [Ir+3].[c-]1cc(-c2ccccc2-c2cc(-c3ccccc3-c3c[c-]c(-c4ccccn4)cc3)cc(-c3ccccc3-c3c[c-]c(-c4cc5oc6cccnc6c5cn4)cc3-c3ccc(-c4ccccc4)cc3)c2)ccc1-c1ccccn1. The molecule has 6 heteroatoms. The molecule has 0 bridgehead atoms. The number of hydrogen-bond acceptors (Lipinski definition) is 5. The van der Waals surface area contributed by atoms with E-state index < -0.39 is 0 Å². The zero-order chi connectivity index (χ0) is 52.5. The third-order valence-electron chi connectivity index (χ3n) is 14.7. The molecule has 14 aromatic rings. The molecule has 0 saturated heterocycles. The molecule has 0 aliphatic rings. The molecule has 0 saturated carbocycles. The molecule has 0 aliphatic heterocycles. The minimum atomic E-state index is 0. The van der Waals surface area contributed by atoms with Crippen molar-refractivity contribution in [3.8, 4) is 123 Å². The predicted molar refractivity (Wildman–Crippen MR) is 321 cm³/mol. The van der Waals surface area contributed by atoms with Gasteiger partial charge in [-0.15, -0.1) is 83.4 Å². The first-order chi connectivity index (χ1) is 39.1. The van der Waals surface area contributed by atoms with Gasteiger partial charge >= 0.3 is 20.1 Å². The van der Waals surface area contributed by atoms with Crippen molar-refractivity contribution < 1.29 is 24.5 Å². The van der Waals surface area contributed by atoms with Crippen LogP contribution in [0.1, 0.15) is 0 Å². The number of furan rings is 1. The zero-order valence-electron chi connectivity index (χ0n) is 43.0. The van der Waals surface area contributed by atoms with Crippen LogP contribution in [0.2, 0.25) is 0 Å². The van der Waals surface area contributed by atoms with Crippen molar-refractivity contribution in [1.29, 1.82) is 0 Å². The molecule has 0 aliphatic carbocycles. The van der Waals surface area contributed by atoms with Crippen LogP contribution in [0.15, 0.2) is 278 Å².